The lowest BCUT2D eigenvalue weighted by atomic mass is 10.1. The molecule has 0 radical (unpaired) electrons. The first-order valence-corrected chi connectivity index (χ1v) is 7.41. The minimum Gasteiger partial charge on any atom is -0.449 e. The number of hydrogen-bond donors (Lipinski definition) is 1. The average Bonchev–Trinajstić information content (AvgIpc) is 2.58. The van der Waals surface area contributed by atoms with Crippen molar-refractivity contribution >= 4 is 23.3 Å². The van der Waals surface area contributed by atoms with E-state index in [4.69, 9.17) is 4.74 Å². The second-order valence-electron chi connectivity index (χ2n) is 5.39. The lowest BCUT2D eigenvalue weighted by molar-refractivity contribution is -0.385. The minimum atomic E-state index is -1.39. The molecular weight excluding hydrogens is 350 g/mol. The Morgan fingerprint density at radius 3 is 2.38 bits per heavy atom. The summed E-state index contributed by atoms with van der Waals surface area (Å²) in [5.74, 6) is -3.90. The third-order valence-electron chi connectivity index (χ3n) is 3.51. The van der Waals surface area contributed by atoms with Crippen molar-refractivity contribution in [2.24, 2.45) is 0 Å². The topological polar surface area (TPSA) is 98.5 Å². The predicted molar refractivity (Wildman–Crippen MR) is 87.7 cm³/mol. The Kier molecular flexibility index (Phi) is 5.61. The van der Waals surface area contributed by atoms with Crippen molar-refractivity contribution in [1.82, 2.24) is 0 Å². The average molecular weight is 364 g/mol. The molecule has 2 rings (SSSR count). The second kappa shape index (κ2) is 7.68. The maximum absolute atomic E-state index is 13.5. The number of amides is 1. The van der Waals surface area contributed by atoms with E-state index in [1.54, 1.807) is 0 Å². The number of nitrogens with one attached hydrogen (secondary N) is 1. The van der Waals surface area contributed by atoms with Crippen molar-refractivity contribution in [3.8, 4) is 0 Å². The third-order valence-corrected chi connectivity index (χ3v) is 3.51. The minimum absolute atomic E-state index is 0.126. The largest absolute Gasteiger partial charge is 0.449 e. The van der Waals surface area contributed by atoms with Crippen LogP contribution in [0.4, 0.5) is 20.2 Å². The molecule has 9 heteroatoms. The summed E-state index contributed by atoms with van der Waals surface area (Å²) in [4.78, 5) is 34.3. The van der Waals surface area contributed by atoms with Gasteiger partial charge in [0.05, 0.1) is 10.5 Å². The Labute approximate surface area is 146 Å². The number of benzene rings is 2. The maximum Gasteiger partial charge on any atom is 0.339 e. The highest BCUT2D eigenvalue weighted by Gasteiger charge is 2.23. The molecule has 2 aromatic carbocycles. The van der Waals surface area contributed by atoms with E-state index < -0.39 is 40.2 Å². The number of hydrogen-bond acceptors (Lipinski definition) is 5. The Morgan fingerprint density at radius 1 is 1.19 bits per heavy atom. The molecule has 1 amide bonds. The standard InChI is InChI=1S/C17H14F2N2O5/c1-9-6-7-11(8-14(9)21(24)25)17(23)26-10(2)16(22)20-15-12(18)4-3-5-13(15)19/h3-8,10H,1-2H3,(H,20,22)/t10-/m1/s1. The number of esters is 1. The van der Waals surface area contributed by atoms with Crippen LogP contribution in [0.5, 0.6) is 0 Å². The maximum atomic E-state index is 13.5. The summed E-state index contributed by atoms with van der Waals surface area (Å²) in [6.07, 6.45) is -1.39. The highest BCUT2D eigenvalue weighted by Crippen LogP contribution is 2.21. The fraction of sp³-hybridized carbons (Fsp3) is 0.176. The lowest BCUT2D eigenvalue weighted by Crippen LogP contribution is -2.30. The first-order valence-electron chi connectivity index (χ1n) is 7.41. The van der Waals surface area contributed by atoms with Gasteiger partial charge in [-0.1, -0.05) is 12.1 Å². The van der Waals surface area contributed by atoms with Crippen molar-refractivity contribution in [1.29, 1.82) is 0 Å². The van der Waals surface area contributed by atoms with Gasteiger partial charge in [0.2, 0.25) is 0 Å². The van der Waals surface area contributed by atoms with Gasteiger partial charge in [-0.15, -0.1) is 0 Å². The highest BCUT2D eigenvalue weighted by atomic mass is 19.1. The number of para-hydroxylation sites is 1. The first kappa shape index (κ1) is 19.0. The lowest BCUT2D eigenvalue weighted by Gasteiger charge is -2.14. The van der Waals surface area contributed by atoms with E-state index in [2.05, 4.69) is 0 Å². The number of rotatable bonds is 5. The molecule has 0 aliphatic carbocycles. The SMILES string of the molecule is Cc1ccc(C(=O)O[C@H](C)C(=O)Nc2c(F)cccc2F)cc1[N+](=O)[O-]. The van der Waals surface area contributed by atoms with Crippen molar-refractivity contribution in [3.05, 3.63) is 69.3 Å². The van der Waals surface area contributed by atoms with Gasteiger partial charge < -0.3 is 10.1 Å². The van der Waals surface area contributed by atoms with Crippen LogP contribution in [0.3, 0.4) is 0 Å². The molecule has 0 saturated carbocycles. The van der Waals surface area contributed by atoms with Gasteiger partial charge in [-0.2, -0.15) is 0 Å². The molecule has 0 bridgehead atoms. The summed E-state index contributed by atoms with van der Waals surface area (Å²) in [5, 5.41) is 12.9. The Hall–Kier alpha value is -3.36. The smallest absolute Gasteiger partial charge is 0.339 e. The van der Waals surface area contributed by atoms with Gasteiger partial charge in [-0.25, -0.2) is 13.6 Å². The van der Waals surface area contributed by atoms with E-state index >= 15 is 0 Å². The van der Waals surface area contributed by atoms with E-state index in [0.717, 1.165) is 24.3 Å². The number of halogens is 2. The van der Waals surface area contributed by atoms with Gasteiger partial charge in [-0.3, -0.25) is 14.9 Å². The monoisotopic (exact) mass is 364 g/mol. The van der Waals surface area contributed by atoms with Gasteiger partial charge in [-0.05, 0) is 32.0 Å². The van der Waals surface area contributed by atoms with Gasteiger partial charge >= 0.3 is 5.97 Å². The van der Waals surface area contributed by atoms with E-state index in [0.29, 0.717) is 5.56 Å². The van der Waals surface area contributed by atoms with Crippen LogP contribution in [-0.4, -0.2) is 22.9 Å². The van der Waals surface area contributed by atoms with Crippen molar-refractivity contribution in [2.75, 3.05) is 5.32 Å². The quantitative estimate of drug-likeness (QED) is 0.498. The zero-order valence-electron chi connectivity index (χ0n) is 13.8. The molecule has 0 aliphatic heterocycles. The van der Waals surface area contributed by atoms with E-state index in [1.807, 2.05) is 5.32 Å². The molecule has 0 aromatic heterocycles. The zero-order chi connectivity index (χ0) is 19.4. The fourth-order valence-corrected chi connectivity index (χ4v) is 2.06. The summed E-state index contributed by atoms with van der Waals surface area (Å²) in [7, 11) is 0. The summed E-state index contributed by atoms with van der Waals surface area (Å²) < 4.78 is 32.0. The molecule has 7 nitrogen and oxygen atoms in total. The number of anilines is 1. The number of nitro benzene ring substituents is 1. The fourth-order valence-electron chi connectivity index (χ4n) is 2.06. The molecule has 0 fully saturated rings. The van der Waals surface area contributed by atoms with Crippen molar-refractivity contribution in [2.45, 2.75) is 20.0 Å². The zero-order valence-corrected chi connectivity index (χ0v) is 13.8. The number of nitro groups is 1. The van der Waals surface area contributed by atoms with Crippen LogP contribution < -0.4 is 5.32 Å². The normalized spacial score (nSPS) is 11.5. The van der Waals surface area contributed by atoms with Crippen LogP contribution in [-0.2, 0) is 9.53 Å². The van der Waals surface area contributed by atoms with Crippen LogP contribution in [0.15, 0.2) is 36.4 Å². The molecule has 0 unspecified atom stereocenters. The van der Waals surface area contributed by atoms with Gasteiger partial charge in [0.1, 0.15) is 17.3 Å². The Bertz CT molecular complexity index is 865. The molecule has 1 atom stereocenters. The number of carbonyl (C=O) groups is 2. The van der Waals surface area contributed by atoms with Crippen LogP contribution >= 0.6 is 0 Å². The van der Waals surface area contributed by atoms with Crippen molar-refractivity contribution < 1.29 is 28.0 Å². The molecular formula is C17H14F2N2O5. The Morgan fingerprint density at radius 2 is 1.81 bits per heavy atom. The van der Waals surface area contributed by atoms with Crippen LogP contribution in [0.2, 0.25) is 0 Å². The van der Waals surface area contributed by atoms with E-state index in [-0.39, 0.29) is 11.3 Å². The molecule has 26 heavy (non-hydrogen) atoms. The summed E-state index contributed by atoms with van der Waals surface area (Å²) in [6, 6.07) is 6.76. The number of nitrogens with zero attached hydrogens (tertiary/aromatic N) is 1. The molecule has 136 valence electrons. The number of aryl methyl sites for hydroxylation is 1. The van der Waals surface area contributed by atoms with Crippen molar-refractivity contribution in [3.63, 3.8) is 0 Å². The molecule has 0 spiro atoms. The highest BCUT2D eigenvalue weighted by molar-refractivity contribution is 5.97. The number of ether oxygens (including phenoxy) is 1. The molecule has 2 aromatic rings. The summed E-state index contributed by atoms with van der Waals surface area (Å²) in [6.45, 7) is 2.71. The van der Waals surface area contributed by atoms with E-state index in [1.165, 1.54) is 26.0 Å². The Balaban J connectivity index is 2.10. The van der Waals surface area contributed by atoms with Gasteiger partial charge in [0, 0.05) is 11.6 Å². The van der Waals surface area contributed by atoms with Crippen LogP contribution in [0, 0.1) is 28.7 Å². The van der Waals surface area contributed by atoms with E-state index in [9.17, 15) is 28.5 Å². The predicted octanol–water partition coefficient (Wildman–Crippen LogP) is 3.37. The number of carbonyl (C=O) groups excluding carboxylic acids is 2. The molecule has 0 heterocycles. The van der Waals surface area contributed by atoms with Crippen LogP contribution in [0.25, 0.3) is 0 Å². The summed E-state index contributed by atoms with van der Waals surface area (Å²) in [5.41, 5.74) is -0.706. The third kappa shape index (κ3) is 4.18. The van der Waals surface area contributed by atoms with Gasteiger partial charge in [0.25, 0.3) is 11.6 Å². The molecule has 0 saturated heterocycles. The second-order valence-corrected chi connectivity index (χ2v) is 5.39. The van der Waals surface area contributed by atoms with Crippen LogP contribution in [0.1, 0.15) is 22.8 Å². The van der Waals surface area contributed by atoms with Gasteiger partial charge in [0.15, 0.2) is 6.10 Å². The molecule has 1 N–H and O–H groups in total. The first-order chi connectivity index (χ1) is 12.2. The summed E-state index contributed by atoms with van der Waals surface area (Å²) >= 11 is 0. The molecule has 0 aliphatic rings.